The first kappa shape index (κ1) is 19.3. The van der Waals surface area contributed by atoms with E-state index in [1.54, 1.807) is 0 Å². The average Bonchev–Trinajstić information content (AvgIpc) is 2.55. The largest absolute Gasteiger partial charge is 0.469 e. The Kier molecular flexibility index (Phi) is 9.14. The summed E-state index contributed by atoms with van der Waals surface area (Å²) in [6.45, 7) is 4.30. The Bertz CT molecular complexity index is 503. The molecule has 0 aliphatic rings. The molecule has 0 saturated heterocycles. The highest BCUT2D eigenvalue weighted by Gasteiger charge is 2.06. The number of esters is 1. The second kappa shape index (κ2) is 10.9. The van der Waals surface area contributed by atoms with Gasteiger partial charge in [0.1, 0.15) is 0 Å². The summed E-state index contributed by atoms with van der Waals surface area (Å²) in [4.78, 5) is 17.7. The lowest BCUT2D eigenvalue weighted by atomic mass is 10.2. The summed E-state index contributed by atoms with van der Waals surface area (Å²) >= 11 is 5.91. The van der Waals surface area contributed by atoms with Crippen LogP contribution in [0, 0.1) is 0 Å². The Morgan fingerprint density at radius 2 is 2.00 bits per heavy atom. The number of benzene rings is 1. The van der Waals surface area contributed by atoms with Crippen molar-refractivity contribution in [3.05, 3.63) is 34.9 Å². The van der Waals surface area contributed by atoms with Gasteiger partial charge in [0, 0.05) is 38.1 Å². The van der Waals surface area contributed by atoms with Crippen LogP contribution in [0.3, 0.4) is 0 Å². The van der Waals surface area contributed by atoms with Gasteiger partial charge in [-0.25, -0.2) is 0 Å². The van der Waals surface area contributed by atoms with Crippen LogP contribution in [0.5, 0.6) is 0 Å². The summed E-state index contributed by atoms with van der Waals surface area (Å²) in [6, 6.07) is 7.81. The molecule has 0 atom stereocenters. The smallest absolute Gasteiger partial charge is 0.305 e. The number of unbranched alkanes of at least 4 members (excludes halogenated alkanes) is 1. The van der Waals surface area contributed by atoms with Crippen LogP contribution >= 0.6 is 11.6 Å². The van der Waals surface area contributed by atoms with Gasteiger partial charge in [0.05, 0.1) is 7.11 Å². The van der Waals surface area contributed by atoms with Gasteiger partial charge in [-0.15, -0.1) is 0 Å². The van der Waals surface area contributed by atoms with Crippen LogP contribution in [0.4, 0.5) is 0 Å². The molecule has 0 spiro atoms. The summed E-state index contributed by atoms with van der Waals surface area (Å²) in [5.41, 5.74) is 1.17. The lowest BCUT2D eigenvalue weighted by molar-refractivity contribution is -0.140. The molecule has 1 rings (SSSR count). The summed E-state index contributed by atoms with van der Waals surface area (Å²) < 4.78 is 4.62. The Morgan fingerprint density at radius 1 is 1.30 bits per heavy atom. The fourth-order valence-corrected chi connectivity index (χ4v) is 2.20. The molecule has 5 nitrogen and oxygen atoms in total. The van der Waals surface area contributed by atoms with Crippen LogP contribution in [0.1, 0.15) is 31.7 Å². The quantitative estimate of drug-likeness (QED) is 0.342. The number of carbonyl (C=O) groups excluding carboxylic acids is 1. The van der Waals surface area contributed by atoms with E-state index in [0.717, 1.165) is 36.9 Å². The summed E-state index contributed by atoms with van der Waals surface area (Å²) in [7, 11) is 3.42. The molecule has 0 radical (unpaired) electrons. The zero-order valence-corrected chi connectivity index (χ0v) is 14.9. The number of carbonyl (C=O) groups is 1. The molecule has 6 heteroatoms. The van der Waals surface area contributed by atoms with Crippen molar-refractivity contribution < 1.29 is 9.53 Å². The molecule has 0 saturated carbocycles. The molecule has 0 aliphatic heterocycles. The van der Waals surface area contributed by atoms with Gasteiger partial charge in [-0.1, -0.05) is 23.7 Å². The SMILES string of the molecule is CCNC(=NCCCCC(=O)OC)N(C)Cc1ccc(Cl)cc1. The average molecular weight is 340 g/mol. The molecule has 1 aromatic rings. The van der Waals surface area contributed by atoms with Crippen molar-refractivity contribution in [1.29, 1.82) is 0 Å². The fraction of sp³-hybridized carbons (Fsp3) is 0.529. The van der Waals surface area contributed by atoms with Gasteiger partial charge in [0.2, 0.25) is 0 Å². The number of halogens is 1. The van der Waals surface area contributed by atoms with E-state index in [1.807, 2.05) is 38.2 Å². The number of methoxy groups -OCH3 is 1. The topological polar surface area (TPSA) is 53.9 Å². The monoisotopic (exact) mass is 339 g/mol. The maximum atomic E-state index is 11.1. The zero-order chi connectivity index (χ0) is 17.1. The standard InChI is InChI=1S/C17H26ClN3O2/c1-4-19-17(20-12-6-5-7-16(22)23-3)21(2)13-14-8-10-15(18)11-9-14/h8-11H,4-7,12-13H2,1-3H3,(H,19,20). The highest BCUT2D eigenvalue weighted by Crippen LogP contribution is 2.11. The first-order valence-corrected chi connectivity index (χ1v) is 8.25. The van der Waals surface area contributed by atoms with Crippen LogP contribution < -0.4 is 5.32 Å². The number of guanidine groups is 1. The minimum Gasteiger partial charge on any atom is -0.469 e. The molecular weight excluding hydrogens is 314 g/mol. The van der Waals surface area contributed by atoms with Crippen molar-refractivity contribution >= 4 is 23.5 Å². The molecule has 0 aliphatic carbocycles. The Labute approximate surface area is 143 Å². The highest BCUT2D eigenvalue weighted by atomic mass is 35.5. The second-order valence-electron chi connectivity index (χ2n) is 5.25. The number of rotatable bonds is 8. The van der Waals surface area contributed by atoms with Crippen LogP contribution in [0.25, 0.3) is 0 Å². The van der Waals surface area contributed by atoms with Crippen molar-refractivity contribution in [2.75, 3.05) is 27.2 Å². The van der Waals surface area contributed by atoms with E-state index in [2.05, 4.69) is 19.9 Å². The Hall–Kier alpha value is -1.75. The first-order valence-electron chi connectivity index (χ1n) is 7.87. The predicted octanol–water partition coefficient (Wildman–Crippen LogP) is 3.08. The molecule has 128 valence electrons. The van der Waals surface area contributed by atoms with Gasteiger partial charge in [0.15, 0.2) is 5.96 Å². The molecule has 0 bridgehead atoms. The van der Waals surface area contributed by atoms with E-state index in [1.165, 1.54) is 12.7 Å². The zero-order valence-electron chi connectivity index (χ0n) is 14.1. The Morgan fingerprint density at radius 3 is 2.61 bits per heavy atom. The third-order valence-corrected chi connectivity index (χ3v) is 3.56. The van der Waals surface area contributed by atoms with Crippen molar-refractivity contribution in [2.24, 2.45) is 4.99 Å². The van der Waals surface area contributed by atoms with Crippen LogP contribution in [0.15, 0.2) is 29.3 Å². The van der Waals surface area contributed by atoms with Gasteiger partial charge < -0.3 is 15.0 Å². The number of nitrogens with one attached hydrogen (secondary N) is 1. The van der Waals surface area contributed by atoms with E-state index in [0.29, 0.717) is 13.0 Å². The molecule has 0 unspecified atom stereocenters. The van der Waals surface area contributed by atoms with Crippen molar-refractivity contribution in [3.8, 4) is 0 Å². The molecule has 0 fully saturated rings. The molecular formula is C17H26ClN3O2. The number of ether oxygens (including phenoxy) is 1. The molecule has 23 heavy (non-hydrogen) atoms. The maximum Gasteiger partial charge on any atom is 0.305 e. The molecule has 1 aromatic carbocycles. The number of nitrogens with zero attached hydrogens (tertiary/aromatic N) is 2. The second-order valence-corrected chi connectivity index (χ2v) is 5.69. The van der Waals surface area contributed by atoms with Gasteiger partial charge >= 0.3 is 5.97 Å². The van der Waals surface area contributed by atoms with Crippen molar-refractivity contribution in [1.82, 2.24) is 10.2 Å². The van der Waals surface area contributed by atoms with E-state index in [-0.39, 0.29) is 5.97 Å². The highest BCUT2D eigenvalue weighted by molar-refractivity contribution is 6.30. The van der Waals surface area contributed by atoms with E-state index in [9.17, 15) is 4.79 Å². The van der Waals surface area contributed by atoms with E-state index < -0.39 is 0 Å². The number of aliphatic imine (C=N–C) groups is 1. The number of hydrogen-bond donors (Lipinski definition) is 1. The molecule has 0 aromatic heterocycles. The van der Waals surface area contributed by atoms with E-state index >= 15 is 0 Å². The van der Waals surface area contributed by atoms with Gasteiger partial charge in [-0.2, -0.15) is 0 Å². The molecule has 0 amide bonds. The van der Waals surface area contributed by atoms with Gasteiger partial charge in [-0.3, -0.25) is 9.79 Å². The first-order chi connectivity index (χ1) is 11.1. The normalized spacial score (nSPS) is 11.2. The van der Waals surface area contributed by atoms with Crippen LogP contribution in [-0.2, 0) is 16.1 Å². The van der Waals surface area contributed by atoms with Crippen LogP contribution in [-0.4, -0.2) is 44.1 Å². The molecule has 0 heterocycles. The lowest BCUT2D eigenvalue weighted by Crippen LogP contribution is -2.38. The van der Waals surface area contributed by atoms with Crippen molar-refractivity contribution in [3.63, 3.8) is 0 Å². The lowest BCUT2D eigenvalue weighted by Gasteiger charge is -2.22. The van der Waals surface area contributed by atoms with Gasteiger partial charge in [0.25, 0.3) is 0 Å². The van der Waals surface area contributed by atoms with E-state index in [4.69, 9.17) is 11.6 Å². The predicted molar refractivity (Wildman–Crippen MR) is 94.8 cm³/mol. The summed E-state index contributed by atoms with van der Waals surface area (Å²) in [5, 5.41) is 4.02. The summed E-state index contributed by atoms with van der Waals surface area (Å²) in [6.07, 6.45) is 2.10. The maximum absolute atomic E-state index is 11.1. The third-order valence-electron chi connectivity index (χ3n) is 3.31. The fourth-order valence-electron chi connectivity index (χ4n) is 2.08. The molecule has 1 N–H and O–H groups in total. The number of hydrogen-bond acceptors (Lipinski definition) is 3. The Balaban J connectivity index is 2.49. The van der Waals surface area contributed by atoms with Gasteiger partial charge in [-0.05, 0) is 37.5 Å². The van der Waals surface area contributed by atoms with Crippen LogP contribution in [0.2, 0.25) is 5.02 Å². The summed E-state index contributed by atoms with van der Waals surface area (Å²) in [5.74, 6) is 0.696. The minimum atomic E-state index is -0.166. The van der Waals surface area contributed by atoms with Crippen molar-refractivity contribution in [2.45, 2.75) is 32.7 Å². The minimum absolute atomic E-state index is 0.166. The third kappa shape index (κ3) is 7.88.